The molecule has 0 radical (unpaired) electrons. The van der Waals surface area contributed by atoms with Crippen molar-refractivity contribution in [2.45, 2.75) is 6.42 Å². The van der Waals surface area contributed by atoms with E-state index in [1.807, 2.05) is 12.1 Å². The van der Waals surface area contributed by atoms with Gasteiger partial charge in [0.15, 0.2) is 0 Å². The van der Waals surface area contributed by atoms with Gasteiger partial charge in [0.2, 0.25) is 5.82 Å². The third kappa shape index (κ3) is 2.21. The van der Waals surface area contributed by atoms with Gasteiger partial charge in [-0.3, -0.25) is 10.1 Å². The number of aromatic nitrogens is 4. The van der Waals surface area contributed by atoms with E-state index in [1.165, 1.54) is 0 Å². The molecule has 0 fully saturated rings. The van der Waals surface area contributed by atoms with Crippen molar-refractivity contribution in [3.8, 4) is 11.5 Å². The van der Waals surface area contributed by atoms with E-state index in [1.54, 1.807) is 6.20 Å². The molecule has 15 heavy (non-hydrogen) atoms. The second-order valence-electron chi connectivity index (χ2n) is 2.98. The van der Waals surface area contributed by atoms with E-state index in [4.69, 9.17) is 5.73 Å². The average molecular weight is 268 g/mol. The number of hydrogen-bond donors (Lipinski definition) is 2. The molecule has 3 N–H and O–H groups in total. The van der Waals surface area contributed by atoms with Crippen LogP contribution in [0.3, 0.4) is 0 Å². The summed E-state index contributed by atoms with van der Waals surface area (Å²) in [6.07, 6.45) is 2.40. The van der Waals surface area contributed by atoms with Crippen LogP contribution in [0.5, 0.6) is 0 Å². The topological polar surface area (TPSA) is 80.5 Å². The fourth-order valence-electron chi connectivity index (χ4n) is 1.20. The van der Waals surface area contributed by atoms with Crippen LogP contribution >= 0.6 is 15.9 Å². The van der Waals surface area contributed by atoms with Gasteiger partial charge < -0.3 is 5.73 Å². The summed E-state index contributed by atoms with van der Waals surface area (Å²) in [7, 11) is 0. The maximum atomic E-state index is 5.43. The highest BCUT2D eigenvalue weighted by molar-refractivity contribution is 9.10. The Labute approximate surface area is 95.3 Å². The van der Waals surface area contributed by atoms with Crippen molar-refractivity contribution in [2.75, 3.05) is 6.54 Å². The summed E-state index contributed by atoms with van der Waals surface area (Å²) in [4.78, 5) is 8.49. The van der Waals surface area contributed by atoms with Crippen LogP contribution in [0.25, 0.3) is 11.5 Å². The molecule has 0 bridgehead atoms. The van der Waals surface area contributed by atoms with Crippen molar-refractivity contribution in [2.24, 2.45) is 5.73 Å². The molecule has 5 nitrogen and oxygen atoms in total. The molecule has 6 heteroatoms. The number of halogens is 1. The Morgan fingerprint density at radius 3 is 3.07 bits per heavy atom. The molecule has 0 saturated carbocycles. The predicted octanol–water partition coefficient (Wildman–Crippen LogP) is 1.13. The number of nitrogens with one attached hydrogen (secondary N) is 1. The Kier molecular flexibility index (Phi) is 3.08. The fourth-order valence-corrected chi connectivity index (χ4v) is 1.63. The molecular weight excluding hydrogens is 258 g/mol. The first-order valence-corrected chi connectivity index (χ1v) is 5.33. The summed E-state index contributed by atoms with van der Waals surface area (Å²) >= 11 is 3.40. The lowest BCUT2D eigenvalue weighted by atomic mass is 10.3. The molecule has 2 rings (SSSR count). The van der Waals surface area contributed by atoms with E-state index in [-0.39, 0.29) is 0 Å². The monoisotopic (exact) mass is 267 g/mol. The van der Waals surface area contributed by atoms with Crippen molar-refractivity contribution in [3.05, 3.63) is 28.6 Å². The molecule has 0 aromatic carbocycles. The highest BCUT2D eigenvalue weighted by atomic mass is 79.9. The largest absolute Gasteiger partial charge is 0.330 e. The average Bonchev–Trinajstić information content (AvgIpc) is 2.68. The number of nitrogens with two attached hydrogens (primary N) is 1. The molecule has 2 heterocycles. The summed E-state index contributed by atoms with van der Waals surface area (Å²) in [5, 5.41) is 6.91. The Hall–Kier alpha value is -1.27. The maximum Gasteiger partial charge on any atom is 0.200 e. The molecule has 0 aliphatic rings. The first-order chi connectivity index (χ1) is 7.31. The second-order valence-corrected chi connectivity index (χ2v) is 3.83. The van der Waals surface area contributed by atoms with Crippen LogP contribution in [0.15, 0.2) is 22.8 Å². The molecular formula is C9H10BrN5. The number of aromatic amines is 1. The van der Waals surface area contributed by atoms with Crippen LogP contribution in [-0.2, 0) is 6.42 Å². The summed E-state index contributed by atoms with van der Waals surface area (Å²) in [6, 6.07) is 3.75. The molecule has 0 atom stereocenters. The van der Waals surface area contributed by atoms with E-state index in [0.717, 1.165) is 16.0 Å². The van der Waals surface area contributed by atoms with Gasteiger partial charge >= 0.3 is 0 Å². The Morgan fingerprint density at radius 2 is 2.33 bits per heavy atom. The molecule has 0 saturated heterocycles. The normalized spacial score (nSPS) is 10.5. The van der Waals surface area contributed by atoms with Crippen LogP contribution in [0.2, 0.25) is 0 Å². The van der Waals surface area contributed by atoms with E-state index in [9.17, 15) is 0 Å². The van der Waals surface area contributed by atoms with Crippen LogP contribution < -0.4 is 5.73 Å². The first kappa shape index (κ1) is 10.3. The van der Waals surface area contributed by atoms with Gasteiger partial charge in [0, 0.05) is 17.1 Å². The zero-order chi connectivity index (χ0) is 10.7. The number of rotatable bonds is 3. The summed E-state index contributed by atoms with van der Waals surface area (Å²) < 4.78 is 0.878. The number of H-pyrrole nitrogens is 1. The van der Waals surface area contributed by atoms with Crippen molar-refractivity contribution in [1.82, 2.24) is 20.2 Å². The van der Waals surface area contributed by atoms with Gasteiger partial charge in [-0.15, -0.1) is 0 Å². The summed E-state index contributed by atoms with van der Waals surface area (Å²) in [5.74, 6) is 1.37. The van der Waals surface area contributed by atoms with Crippen LogP contribution in [-0.4, -0.2) is 26.7 Å². The minimum Gasteiger partial charge on any atom is -0.330 e. The van der Waals surface area contributed by atoms with Crippen molar-refractivity contribution >= 4 is 15.9 Å². The highest BCUT2D eigenvalue weighted by Crippen LogP contribution is 2.21. The molecule has 0 aliphatic carbocycles. The molecule has 2 aromatic heterocycles. The summed E-state index contributed by atoms with van der Waals surface area (Å²) in [5.41, 5.74) is 6.16. The summed E-state index contributed by atoms with van der Waals surface area (Å²) in [6.45, 7) is 0.554. The third-order valence-corrected chi connectivity index (χ3v) is 2.52. The van der Waals surface area contributed by atoms with E-state index in [0.29, 0.717) is 18.8 Å². The number of hydrogen-bond acceptors (Lipinski definition) is 4. The highest BCUT2D eigenvalue weighted by Gasteiger charge is 2.09. The molecule has 0 amide bonds. The maximum absolute atomic E-state index is 5.43. The predicted molar refractivity (Wildman–Crippen MR) is 60.1 cm³/mol. The van der Waals surface area contributed by atoms with E-state index >= 15 is 0 Å². The van der Waals surface area contributed by atoms with E-state index < -0.39 is 0 Å². The zero-order valence-electron chi connectivity index (χ0n) is 7.94. The van der Waals surface area contributed by atoms with Crippen molar-refractivity contribution in [3.63, 3.8) is 0 Å². The van der Waals surface area contributed by atoms with Gasteiger partial charge in [-0.1, -0.05) is 0 Å². The van der Waals surface area contributed by atoms with Crippen LogP contribution in [0, 0.1) is 0 Å². The van der Waals surface area contributed by atoms with E-state index in [2.05, 4.69) is 36.1 Å². The molecule has 0 spiro atoms. The zero-order valence-corrected chi connectivity index (χ0v) is 9.53. The van der Waals surface area contributed by atoms with Gasteiger partial charge in [-0.2, -0.15) is 5.10 Å². The minimum atomic E-state index is 0.554. The van der Waals surface area contributed by atoms with Gasteiger partial charge in [0.1, 0.15) is 11.5 Å². The van der Waals surface area contributed by atoms with Crippen LogP contribution in [0.1, 0.15) is 5.82 Å². The minimum absolute atomic E-state index is 0.554. The van der Waals surface area contributed by atoms with Gasteiger partial charge in [0.25, 0.3) is 0 Å². The third-order valence-electron chi connectivity index (χ3n) is 1.88. The molecule has 2 aromatic rings. The Morgan fingerprint density at radius 1 is 1.47 bits per heavy atom. The molecule has 0 aliphatic heterocycles. The molecule has 0 unspecified atom stereocenters. The number of nitrogens with zero attached hydrogens (tertiary/aromatic N) is 3. The van der Waals surface area contributed by atoms with Gasteiger partial charge in [-0.05, 0) is 34.6 Å². The standard InChI is InChI=1S/C9H10BrN5/c10-6-2-1-5-12-8(6)9-13-7(3-4-11)14-15-9/h1-2,5H,3-4,11H2,(H,13,14,15). The van der Waals surface area contributed by atoms with Gasteiger partial charge in [0.05, 0.1) is 0 Å². The van der Waals surface area contributed by atoms with Crippen LogP contribution in [0.4, 0.5) is 0 Å². The lowest BCUT2D eigenvalue weighted by Crippen LogP contribution is -2.03. The van der Waals surface area contributed by atoms with Gasteiger partial charge in [-0.25, -0.2) is 4.98 Å². The lowest BCUT2D eigenvalue weighted by Gasteiger charge is -1.95. The second kappa shape index (κ2) is 4.50. The molecule has 78 valence electrons. The lowest BCUT2D eigenvalue weighted by molar-refractivity contribution is 0.874. The number of pyridine rings is 1. The fraction of sp³-hybridized carbons (Fsp3) is 0.222. The first-order valence-electron chi connectivity index (χ1n) is 4.53. The quantitative estimate of drug-likeness (QED) is 0.874. The van der Waals surface area contributed by atoms with Crippen molar-refractivity contribution < 1.29 is 0 Å². The Balaban J connectivity index is 2.33. The van der Waals surface area contributed by atoms with Crippen molar-refractivity contribution in [1.29, 1.82) is 0 Å². The Bertz CT molecular complexity index is 453. The SMILES string of the molecule is NCCc1nc(-c2ncccc2Br)n[nH]1. The smallest absolute Gasteiger partial charge is 0.200 e.